The maximum Gasteiger partial charge on any atom is 0.305 e. The van der Waals surface area contributed by atoms with Crippen molar-refractivity contribution < 1.29 is 24.2 Å². The standard InChI is InChI=1S/C27H27NO5/c1-19(29)20-8-10-21(11-9-20)32-16-4-5-17-33-22-12-13-24-23-6-2-3-7-25(23)28(26(24)18-22)15-14-27(30)31/h2-3,6-13,18H,4-5,14-17H2,1H3,(H,30,31). The van der Waals surface area contributed by atoms with E-state index in [-0.39, 0.29) is 12.2 Å². The highest BCUT2D eigenvalue weighted by molar-refractivity contribution is 6.08. The van der Waals surface area contributed by atoms with Crippen LogP contribution in [0.25, 0.3) is 21.8 Å². The van der Waals surface area contributed by atoms with Gasteiger partial charge in [-0.3, -0.25) is 9.59 Å². The van der Waals surface area contributed by atoms with Crippen molar-refractivity contribution in [2.45, 2.75) is 32.7 Å². The van der Waals surface area contributed by atoms with Gasteiger partial charge in [0.25, 0.3) is 0 Å². The van der Waals surface area contributed by atoms with Gasteiger partial charge in [-0.15, -0.1) is 0 Å². The number of hydrogen-bond donors (Lipinski definition) is 1. The van der Waals surface area contributed by atoms with Gasteiger partial charge in [-0.2, -0.15) is 0 Å². The first-order valence-electron chi connectivity index (χ1n) is 11.1. The molecule has 3 aromatic carbocycles. The maximum absolute atomic E-state index is 11.3. The molecule has 0 aliphatic rings. The molecule has 0 radical (unpaired) electrons. The van der Waals surface area contributed by atoms with Crippen molar-refractivity contribution in [2.24, 2.45) is 0 Å². The van der Waals surface area contributed by atoms with Crippen LogP contribution in [0.3, 0.4) is 0 Å². The Morgan fingerprint density at radius 1 is 0.818 bits per heavy atom. The Bertz CT molecular complexity index is 1270. The second-order valence-electron chi connectivity index (χ2n) is 7.98. The average molecular weight is 446 g/mol. The summed E-state index contributed by atoms with van der Waals surface area (Å²) >= 11 is 0. The van der Waals surface area contributed by atoms with Gasteiger partial charge in [-0.1, -0.05) is 18.2 Å². The number of carbonyl (C=O) groups excluding carboxylic acids is 1. The fourth-order valence-corrected chi connectivity index (χ4v) is 3.94. The summed E-state index contributed by atoms with van der Waals surface area (Å²) in [4.78, 5) is 22.5. The van der Waals surface area contributed by atoms with Gasteiger partial charge in [-0.25, -0.2) is 0 Å². The summed E-state index contributed by atoms with van der Waals surface area (Å²) in [5.41, 5.74) is 2.68. The SMILES string of the molecule is CC(=O)c1ccc(OCCCCOc2ccc3c4ccccc4n(CCC(=O)O)c3c2)cc1. The molecular weight excluding hydrogens is 418 g/mol. The van der Waals surface area contributed by atoms with Crippen molar-refractivity contribution in [3.8, 4) is 11.5 Å². The van der Waals surface area contributed by atoms with Crippen molar-refractivity contribution in [1.82, 2.24) is 4.57 Å². The van der Waals surface area contributed by atoms with Crippen LogP contribution in [0.15, 0.2) is 66.7 Å². The van der Waals surface area contributed by atoms with Crippen LogP contribution in [0, 0.1) is 0 Å². The number of nitrogens with zero attached hydrogens (tertiary/aromatic N) is 1. The van der Waals surface area contributed by atoms with E-state index in [1.54, 1.807) is 19.1 Å². The number of aliphatic carboxylic acids is 1. The number of fused-ring (bicyclic) bond motifs is 3. The van der Waals surface area contributed by atoms with Crippen molar-refractivity contribution in [3.63, 3.8) is 0 Å². The zero-order valence-electron chi connectivity index (χ0n) is 18.6. The predicted octanol–water partition coefficient (Wildman–Crippen LogP) is 5.71. The molecule has 0 unspecified atom stereocenters. The third-order valence-corrected chi connectivity index (χ3v) is 5.63. The number of rotatable bonds is 11. The minimum Gasteiger partial charge on any atom is -0.494 e. The highest BCUT2D eigenvalue weighted by atomic mass is 16.5. The van der Waals surface area contributed by atoms with Crippen molar-refractivity contribution in [2.75, 3.05) is 13.2 Å². The smallest absolute Gasteiger partial charge is 0.305 e. The van der Waals surface area contributed by atoms with E-state index < -0.39 is 5.97 Å². The molecule has 0 saturated heterocycles. The van der Waals surface area contributed by atoms with E-state index >= 15 is 0 Å². The number of para-hydroxylation sites is 1. The van der Waals surface area contributed by atoms with Crippen LogP contribution < -0.4 is 9.47 Å². The van der Waals surface area contributed by atoms with E-state index in [1.807, 2.05) is 48.5 Å². The molecule has 1 N–H and O–H groups in total. The van der Waals surface area contributed by atoms with E-state index in [9.17, 15) is 9.59 Å². The van der Waals surface area contributed by atoms with E-state index in [2.05, 4.69) is 10.6 Å². The molecule has 0 bridgehead atoms. The minimum atomic E-state index is -0.814. The summed E-state index contributed by atoms with van der Waals surface area (Å²) in [5.74, 6) is 0.743. The molecule has 1 heterocycles. The first kappa shape index (κ1) is 22.4. The molecule has 0 aliphatic carbocycles. The topological polar surface area (TPSA) is 77.8 Å². The fourth-order valence-electron chi connectivity index (χ4n) is 3.94. The van der Waals surface area contributed by atoms with Crippen LogP contribution in [0.5, 0.6) is 11.5 Å². The number of hydrogen-bond acceptors (Lipinski definition) is 4. The lowest BCUT2D eigenvalue weighted by atomic mass is 10.1. The molecule has 4 rings (SSSR count). The molecule has 0 spiro atoms. The minimum absolute atomic E-state index is 0.0409. The van der Waals surface area contributed by atoms with Crippen molar-refractivity contribution in [3.05, 3.63) is 72.3 Å². The monoisotopic (exact) mass is 445 g/mol. The number of ketones is 1. The Morgan fingerprint density at radius 3 is 2.15 bits per heavy atom. The quantitative estimate of drug-likeness (QED) is 0.236. The molecule has 6 heteroatoms. The van der Waals surface area contributed by atoms with Crippen molar-refractivity contribution in [1.29, 1.82) is 0 Å². The summed E-state index contributed by atoms with van der Waals surface area (Å²) in [6.45, 7) is 3.09. The Hall–Kier alpha value is -3.80. The summed E-state index contributed by atoms with van der Waals surface area (Å²) in [6.07, 6.45) is 1.75. The molecule has 0 amide bonds. The average Bonchev–Trinajstić information content (AvgIpc) is 3.13. The number of aryl methyl sites for hydroxylation is 1. The summed E-state index contributed by atoms with van der Waals surface area (Å²) in [5, 5.41) is 11.3. The van der Waals surface area contributed by atoms with Crippen LogP contribution in [0.4, 0.5) is 0 Å². The lowest BCUT2D eigenvalue weighted by Crippen LogP contribution is -2.05. The third kappa shape index (κ3) is 5.34. The molecule has 0 atom stereocenters. The van der Waals surface area contributed by atoms with E-state index in [0.29, 0.717) is 25.3 Å². The number of unbranched alkanes of at least 4 members (excludes halogenated alkanes) is 1. The third-order valence-electron chi connectivity index (χ3n) is 5.63. The Kier molecular flexibility index (Phi) is 6.93. The zero-order valence-corrected chi connectivity index (χ0v) is 18.6. The molecule has 0 aliphatic heterocycles. The molecule has 0 saturated carbocycles. The molecule has 33 heavy (non-hydrogen) atoms. The molecule has 4 aromatic rings. The lowest BCUT2D eigenvalue weighted by molar-refractivity contribution is -0.137. The highest BCUT2D eigenvalue weighted by Gasteiger charge is 2.12. The summed E-state index contributed by atoms with van der Waals surface area (Å²) in [7, 11) is 0. The van der Waals surface area contributed by atoms with Gasteiger partial charge < -0.3 is 19.1 Å². The lowest BCUT2D eigenvalue weighted by Gasteiger charge is -2.09. The Labute approximate surface area is 192 Å². The van der Waals surface area contributed by atoms with Gasteiger partial charge in [0, 0.05) is 34.5 Å². The van der Waals surface area contributed by atoms with Crippen molar-refractivity contribution >= 4 is 33.6 Å². The van der Waals surface area contributed by atoms with E-state index in [1.165, 1.54) is 0 Å². The number of carboxylic acid groups (broad SMARTS) is 1. The summed E-state index contributed by atoms with van der Waals surface area (Å²) in [6, 6.07) is 21.2. The number of benzene rings is 3. The second-order valence-corrected chi connectivity index (χ2v) is 7.98. The second kappa shape index (κ2) is 10.2. The Morgan fingerprint density at radius 2 is 1.45 bits per heavy atom. The number of carbonyl (C=O) groups is 2. The van der Waals surface area contributed by atoms with Crippen LogP contribution >= 0.6 is 0 Å². The van der Waals surface area contributed by atoms with Crippen LogP contribution in [0.1, 0.15) is 36.5 Å². The molecule has 6 nitrogen and oxygen atoms in total. The van der Waals surface area contributed by atoms with Gasteiger partial charge >= 0.3 is 5.97 Å². The first-order chi connectivity index (χ1) is 16.0. The van der Waals surface area contributed by atoms with Gasteiger partial charge in [0.15, 0.2) is 5.78 Å². The molecule has 1 aromatic heterocycles. The van der Waals surface area contributed by atoms with Crippen LogP contribution in [-0.4, -0.2) is 34.6 Å². The van der Waals surface area contributed by atoms with Gasteiger partial charge in [0.1, 0.15) is 11.5 Å². The zero-order chi connectivity index (χ0) is 23.2. The van der Waals surface area contributed by atoms with E-state index in [0.717, 1.165) is 46.1 Å². The number of Topliss-reactive ketones (excluding diaryl/α,β-unsaturated/α-hetero) is 1. The Balaban J connectivity index is 1.34. The van der Waals surface area contributed by atoms with Gasteiger partial charge in [0.05, 0.1) is 25.2 Å². The summed E-state index contributed by atoms with van der Waals surface area (Å²) < 4.78 is 13.7. The van der Waals surface area contributed by atoms with E-state index in [4.69, 9.17) is 14.6 Å². The number of aromatic nitrogens is 1. The van der Waals surface area contributed by atoms with Crippen LogP contribution in [-0.2, 0) is 11.3 Å². The highest BCUT2D eigenvalue weighted by Crippen LogP contribution is 2.31. The van der Waals surface area contributed by atoms with Gasteiger partial charge in [0.2, 0.25) is 0 Å². The normalized spacial score (nSPS) is 11.1. The molecule has 0 fully saturated rings. The van der Waals surface area contributed by atoms with Gasteiger partial charge in [-0.05, 0) is 62.2 Å². The van der Waals surface area contributed by atoms with Crippen LogP contribution in [0.2, 0.25) is 0 Å². The first-order valence-corrected chi connectivity index (χ1v) is 11.1. The fraction of sp³-hybridized carbons (Fsp3) is 0.259. The molecular formula is C27H27NO5. The molecule has 170 valence electrons. The number of carboxylic acids is 1. The maximum atomic E-state index is 11.3. The number of ether oxygens (including phenoxy) is 2. The largest absolute Gasteiger partial charge is 0.494 e. The predicted molar refractivity (Wildman–Crippen MR) is 128 cm³/mol.